The van der Waals surface area contributed by atoms with Crippen molar-refractivity contribution in [3.63, 3.8) is 0 Å². The molecule has 4 nitrogen and oxygen atoms in total. The number of benzene rings is 8. The summed E-state index contributed by atoms with van der Waals surface area (Å²) in [7, 11) is 0. The average Bonchev–Trinajstić information content (AvgIpc) is 3.88. The van der Waals surface area contributed by atoms with Crippen molar-refractivity contribution in [3.05, 3.63) is 188 Å². The molecule has 0 aliphatic heterocycles. The summed E-state index contributed by atoms with van der Waals surface area (Å²) in [6.07, 6.45) is 0. The maximum absolute atomic E-state index is 6.51. The van der Waals surface area contributed by atoms with Crippen LogP contribution in [0.5, 0.6) is 0 Å². The van der Waals surface area contributed by atoms with Gasteiger partial charge in [0.1, 0.15) is 11.3 Å². The minimum absolute atomic E-state index is 0.677. The molecule has 0 radical (unpaired) electrons. The first kappa shape index (κ1) is 32.7. The Bertz CT molecular complexity index is 3560. The molecule has 0 amide bonds. The van der Waals surface area contributed by atoms with Crippen molar-refractivity contribution in [2.24, 2.45) is 0 Å². The van der Waals surface area contributed by atoms with E-state index in [2.05, 4.69) is 170 Å². The van der Waals surface area contributed by atoms with Gasteiger partial charge in [-0.25, -0.2) is 15.0 Å². The number of furan rings is 1. The Kier molecular flexibility index (Phi) is 7.37. The van der Waals surface area contributed by atoms with Gasteiger partial charge < -0.3 is 4.42 Å². The van der Waals surface area contributed by atoms with E-state index in [0.29, 0.717) is 5.82 Å². The van der Waals surface area contributed by atoms with E-state index in [1.807, 2.05) is 29.5 Å². The third-order valence-corrected chi connectivity index (χ3v) is 12.5. The van der Waals surface area contributed by atoms with Gasteiger partial charge in [-0.1, -0.05) is 164 Å². The Morgan fingerprint density at radius 2 is 1.03 bits per heavy atom. The van der Waals surface area contributed by atoms with E-state index >= 15 is 0 Å². The first-order chi connectivity index (χ1) is 28.7. The number of aromatic nitrogens is 3. The molecule has 0 saturated carbocycles. The monoisotopic (exact) mass is 757 g/mol. The zero-order chi connectivity index (χ0) is 38.2. The van der Waals surface area contributed by atoms with Crippen molar-refractivity contribution in [1.29, 1.82) is 0 Å². The highest BCUT2D eigenvalue weighted by Crippen LogP contribution is 2.42. The van der Waals surface area contributed by atoms with Gasteiger partial charge in [-0.15, -0.1) is 11.3 Å². The predicted molar refractivity (Wildman–Crippen MR) is 242 cm³/mol. The van der Waals surface area contributed by atoms with Crippen molar-refractivity contribution in [1.82, 2.24) is 15.0 Å². The molecule has 0 aliphatic rings. The zero-order valence-electron chi connectivity index (χ0n) is 31.1. The second-order valence-corrected chi connectivity index (χ2v) is 15.8. The molecule has 12 aromatic rings. The molecule has 0 bridgehead atoms. The molecule has 0 atom stereocenters. The van der Waals surface area contributed by atoms with Crippen molar-refractivity contribution in [3.8, 4) is 56.3 Å². The van der Waals surface area contributed by atoms with Crippen LogP contribution in [0.3, 0.4) is 0 Å². The smallest absolute Gasteiger partial charge is 0.162 e. The van der Waals surface area contributed by atoms with E-state index in [-0.39, 0.29) is 0 Å². The normalized spacial score (nSPS) is 11.8. The van der Waals surface area contributed by atoms with Crippen LogP contribution in [0.4, 0.5) is 0 Å². The van der Waals surface area contributed by atoms with Crippen LogP contribution in [0.1, 0.15) is 0 Å². The molecule has 4 aromatic heterocycles. The molecule has 270 valence electrons. The van der Waals surface area contributed by atoms with Crippen molar-refractivity contribution < 1.29 is 4.42 Å². The van der Waals surface area contributed by atoms with E-state index in [1.54, 1.807) is 0 Å². The molecule has 5 heteroatoms. The van der Waals surface area contributed by atoms with Gasteiger partial charge in [-0.3, -0.25) is 0 Å². The van der Waals surface area contributed by atoms with Gasteiger partial charge >= 0.3 is 0 Å². The summed E-state index contributed by atoms with van der Waals surface area (Å²) < 4.78 is 9.12. The second-order valence-electron chi connectivity index (χ2n) is 14.7. The maximum atomic E-state index is 6.51. The van der Waals surface area contributed by atoms with Crippen LogP contribution in [-0.4, -0.2) is 15.0 Å². The Morgan fingerprint density at radius 1 is 0.414 bits per heavy atom. The molecule has 0 spiro atoms. The van der Waals surface area contributed by atoms with Gasteiger partial charge in [0.25, 0.3) is 0 Å². The van der Waals surface area contributed by atoms with Gasteiger partial charge in [0.2, 0.25) is 0 Å². The first-order valence-corrected chi connectivity index (χ1v) is 20.2. The molecular formula is C53H31N3OS. The topological polar surface area (TPSA) is 51.8 Å². The Hall–Kier alpha value is -7.47. The number of rotatable bonds is 5. The van der Waals surface area contributed by atoms with Gasteiger partial charge in [0.15, 0.2) is 11.4 Å². The van der Waals surface area contributed by atoms with Crippen molar-refractivity contribution >= 4 is 75.1 Å². The molecule has 0 unspecified atom stereocenters. The first-order valence-electron chi connectivity index (χ1n) is 19.4. The molecule has 12 rings (SSSR count). The van der Waals surface area contributed by atoms with Gasteiger partial charge in [0, 0.05) is 58.6 Å². The Labute approximate surface area is 337 Å². The predicted octanol–water partition coefficient (Wildman–Crippen LogP) is 14.8. The molecule has 0 saturated heterocycles. The van der Waals surface area contributed by atoms with Crippen LogP contribution in [0.15, 0.2) is 192 Å². The zero-order valence-corrected chi connectivity index (χ0v) is 31.9. The van der Waals surface area contributed by atoms with E-state index in [1.165, 1.54) is 36.7 Å². The molecule has 0 aliphatic carbocycles. The van der Waals surface area contributed by atoms with Gasteiger partial charge in [-0.05, 0) is 46.2 Å². The number of para-hydroxylation sites is 2. The Balaban J connectivity index is 0.984. The summed E-state index contributed by atoms with van der Waals surface area (Å²) in [6, 6.07) is 66.0. The number of hydrogen-bond acceptors (Lipinski definition) is 5. The third kappa shape index (κ3) is 5.25. The fourth-order valence-electron chi connectivity index (χ4n) is 8.51. The van der Waals surface area contributed by atoms with E-state index < -0.39 is 0 Å². The largest absolute Gasteiger partial charge is 0.454 e. The second kappa shape index (κ2) is 13.1. The van der Waals surface area contributed by atoms with Crippen molar-refractivity contribution in [2.45, 2.75) is 0 Å². The summed E-state index contributed by atoms with van der Waals surface area (Å²) in [4.78, 5) is 15.6. The molecular weight excluding hydrogens is 727 g/mol. The summed E-state index contributed by atoms with van der Waals surface area (Å²) >= 11 is 1.85. The lowest BCUT2D eigenvalue weighted by atomic mass is 9.99. The fraction of sp³-hybridized carbons (Fsp3) is 0. The summed E-state index contributed by atoms with van der Waals surface area (Å²) in [5.41, 5.74) is 11.5. The standard InChI is InChI=1S/C53H31N3OS/c1-2-13-37-32(11-1)12-9-18-39(37)46-31-45(55-53(56-46)36-29-23-33(24-30-36)38-17-10-19-41-40-14-5-8-22-48(40)58-52(38)41)34-25-27-35(28-26-34)50-51-49(42-15-3-6-20-44(42)54-50)43-16-4-7-21-47(43)57-51/h1-31H. The number of pyridine rings is 1. The molecule has 58 heavy (non-hydrogen) atoms. The summed E-state index contributed by atoms with van der Waals surface area (Å²) in [5.74, 6) is 0.677. The Morgan fingerprint density at radius 3 is 1.91 bits per heavy atom. The molecule has 4 heterocycles. The van der Waals surface area contributed by atoms with Gasteiger partial charge in [0.05, 0.1) is 16.9 Å². The quantitative estimate of drug-likeness (QED) is 0.175. The lowest BCUT2D eigenvalue weighted by molar-refractivity contribution is 0.669. The highest BCUT2D eigenvalue weighted by Gasteiger charge is 2.19. The van der Waals surface area contributed by atoms with Crippen LogP contribution in [-0.2, 0) is 0 Å². The number of fused-ring (bicyclic) bond motifs is 9. The highest BCUT2D eigenvalue weighted by atomic mass is 32.1. The third-order valence-electron chi connectivity index (χ3n) is 11.3. The molecule has 0 fully saturated rings. The minimum atomic E-state index is 0.677. The van der Waals surface area contributed by atoms with Crippen LogP contribution in [0.25, 0.3) is 120 Å². The van der Waals surface area contributed by atoms with Crippen LogP contribution in [0, 0.1) is 0 Å². The van der Waals surface area contributed by atoms with E-state index in [9.17, 15) is 0 Å². The van der Waals surface area contributed by atoms with Crippen molar-refractivity contribution in [2.75, 3.05) is 0 Å². The fourth-order valence-corrected chi connectivity index (χ4v) is 9.75. The SMILES string of the molecule is c1ccc2c(-c3cc(-c4ccc(-c5nc6ccccc6c6c5oc5ccccc56)cc4)nc(-c4ccc(-c5cccc6c5sc5ccccc56)cc4)n3)cccc2c1. The average molecular weight is 758 g/mol. The van der Waals surface area contributed by atoms with E-state index in [0.717, 1.165) is 77.6 Å². The lowest BCUT2D eigenvalue weighted by Crippen LogP contribution is -1.96. The van der Waals surface area contributed by atoms with Crippen LogP contribution < -0.4 is 0 Å². The lowest BCUT2D eigenvalue weighted by Gasteiger charge is -2.12. The molecule has 8 aromatic carbocycles. The summed E-state index contributed by atoms with van der Waals surface area (Å²) in [5, 5.41) is 8.19. The molecule has 0 N–H and O–H groups in total. The summed E-state index contributed by atoms with van der Waals surface area (Å²) in [6.45, 7) is 0. The number of nitrogens with zero attached hydrogens (tertiary/aromatic N) is 3. The van der Waals surface area contributed by atoms with E-state index in [4.69, 9.17) is 19.4 Å². The van der Waals surface area contributed by atoms with Gasteiger partial charge in [-0.2, -0.15) is 0 Å². The number of thiophene rings is 1. The van der Waals surface area contributed by atoms with Crippen LogP contribution >= 0.6 is 11.3 Å². The maximum Gasteiger partial charge on any atom is 0.162 e. The minimum Gasteiger partial charge on any atom is -0.454 e. The van der Waals surface area contributed by atoms with Crippen LogP contribution in [0.2, 0.25) is 0 Å². The number of hydrogen-bond donors (Lipinski definition) is 0. The highest BCUT2D eigenvalue weighted by molar-refractivity contribution is 7.26.